The van der Waals surface area contributed by atoms with E-state index in [9.17, 15) is 13.2 Å². The van der Waals surface area contributed by atoms with Gasteiger partial charge in [0.2, 0.25) is 10.0 Å². The summed E-state index contributed by atoms with van der Waals surface area (Å²) >= 11 is 0. The number of urea groups is 1. The lowest BCUT2D eigenvalue weighted by Gasteiger charge is -2.31. The van der Waals surface area contributed by atoms with Crippen LogP contribution in [0, 0.1) is 0 Å². The number of carbonyl (C=O) groups is 1. The van der Waals surface area contributed by atoms with Crippen LogP contribution in [0.3, 0.4) is 0 Å². The first-order chi connectivity index (χ1) is 11.2. The summed E-state index contributed by atoms with van der Waals surface area (Å²) in [6, 6.07) is 9.89. The molecule has 1 aliphatic rings. The molecular formula is C17H27N3O3S. The topological polar surface area (TPSA) is 78.5 Å². The normalized spacial score (nSPS) is 17.5. The zero-order valence-corrected chi connectivity index (χ0v) is 15.4. The largest absolute Gasteiger partial charge is 0.337 e. The summed E-state index contributed by atoms with van der Waals surface area (Å²) < 4.78 is 24.4. The lowest BCUT2D eigenvalue weighted by molar-refractivity contribution is 0.225. The highest BCUT2D eigenvalue weighted by Gasteiger charge is 2.26. The molecule has 2 amide bonds. The molecule has 0 aromatic heterocycles. The third-order valence-corrected chi connectivity index (χ3v) is 5.81. The Morgan fingerprint density at radius 2 is 1.79 bits per heavy atom. The number of nitrogens with zero attached hydrogens (tertiary/aromatic N) is 1. The van der Waals surface area contributed by atoms with Crippen molar-refractivity contribution in [3.63, 3.8) is 0 Å². The molecule has 1 aliphatic heterocycles. The summed E-state index contributed by atoms with van der Waals surface area (Å²) in [6.07, 6.45) is 2.50. The first-order valence-corrected chi connectivity index (χ1v) is 10.1. The quantitative estimate of drug-likeness (QED) is 0.845. The Labute approximate surface area is 144 Å². The number of sulfonamides is 1. The van der Waals surface area contributed by atoms with Gasteiger partial charge in [0, 0.05) is 31.1 Å². The second kappa shape index (κ2) is 7.53. The number of piperidine rings is 1. The van der Waals surface area contributed by atoms with Crippen LogP contribution in [0.25, 0.3) is 0 Å². The summed E-state index contributed by atoms with van der Waals surface area (Å²) in [4.78, 5) is 12.1. The van der Waals surface area contributed by atoms with Crippen molar-refractivity contribution in [2.24, 2.45) is 0 Å². The van der Waals surface area contributed by atoms with Gasteiger partial charge in [-0.2, -0.15) is 0 Å². The van der Waals surface area contributed by atoms with E-state index >= 15 is 0 Å². The molecule has 0 saturated carbocycles. The Morgan fingerprint density at radius 1 is 1.21 bits per heavy atom. The minimum absolute atomic E-state index is 0.0165. The van der Waals surface area contributed by atoms with Gasteiger partial charge in [0.05, 0.1) is 6.26 Å². The molecule has 1 saturated heterocycles. The van der Waals surface area contributed by atoms with Crippen molar-refractivity contribution >= 4 is 16.1 Å². The van der Waals surface area contributed by atoms with E-state index in [1.165, 1.54) is 16.1 Å². The van der Waals surface area contributed by atoms with Gasteiger partial charge in [-0.1, -0.05) is 44.2 Å². The number of nitrogens with one attached hydrogen (secondary N) is 2. The molecule has 24 heavy (non-hydrogen) atoms. The van der Waals surface area contributed by atoms with Crippen LogP contribution in [0.2, 0.25) is 0 Å². The number of carbonyl (C=O) groups excluding carboxylic acids is 1. The third kappa shape index (κ3) is 5.21. The molecule has 0 bridgehead atoms. The van der Waals surface area contributed by atoms with Crippen LogP contribution in [0.4, 0.5) is 4.79 Å². The maximum absolute atomic E-state index is 12.1. The van der Waals surface area contributed by atoms with Crippen molar-refractivity contribution < 1.29 is 13.2 Å². The zero-order chi connectivity index (χ0) is 17.8. The molecule has 1 heterocycles. The van der Waals surface area contributed by atoms with Gasteiger partial charge in [0.15, 0.2) is 0 Å². The van der Waals surface area contributed by atoms with E-state index in [4.69, 9.17) is 0 Å². The Hall–Kier alpha value is -1.60. The van der Waals surface area contributed by atoms with E-state index < -0.39 is 10.0 Å². The highest BCUT2D eigenvalue weighted by Crippen LogP contribution is 2.21. The smallest absolute Gasteiger partial charge is 0.315 e. The van der Waals surface area contributed by atoms with Gasteiger partial charge >= 0.3 is 6.03 Å². The highest BCUT2D eigenvalue weighted by atomic mass is 32.2. The maximum Gasteiger partial charge on any atom is 0.315 e. The number of amides is 2. The van der Waals surface area contributed by atoms with Crippen LogP contribution in [0.1, 0.15) is 32.3 Å². The van der Waals surface area contributed by atoms with Crippen molar-refractivity contribution in [1.29, 1.82) is 0 Å². The molecule has 7 heteroatoms. The fourth-order valence-electron chi connectivity index (χ4n) is 2.86. The van der Waals surface area contributed by atoms with Gasteiger partial charge < -0.3 is 10.6 Å². The molecule has 1 aromatic rings. The molecule has 0 aliphatic carbocycles. The summed E-state index contributed by atoms with van der Waals surface area (Å²) in [5.74, 6) is 0. The van der Waals surface area contributed by atoms with Crippen molar-refractivity contribution in [2.75, 3.05) is 25.9 Å². The lowest BCUT2D eigenvalue weighted by atomic mass is 9.85. The molecule has 1 aromatic carbocycles. The van der Waals surface area contributed by atoms with Crippen molar-refractivity contribution in [3.8, 4) is 0 Å². The maximum atomic E-state index is 12.1. The van der Waals surface area contributed by atoms with E-state index in [-0.39, 0.29) is 17.5 Å². The molecule has 0 unspecified atom stereocenters. The van der Waals surface area contributed by atoms with Gasteiger partial charge in [-0.3, -0.25) is 0 Å². The monoisotopic (exact) mass is 353 g/mol. The Balaban J connectivity index is 1.78. The van der Waals surface area contributed by atoms with E-state index in [0.717, 1.165) is 0 Å². The Bertz CT molecular complexity index is 651. The van der Waals surface area contributed by atoms with E-state index in [1.807, 2.05) is 18.2 Å². The zero-order valence-electron chi connectivity index (χ0n) is 14.6. The highest BCUT2D eigenvalue weighted by molar-refractivity contribution is 7.88. The number of rotatable bonds is 5. The molecule has 0 atom stereocenters. The second-order valence-corrected chi connectivity index (χ2v) is 9.00. The van der Waals surface area contributed by atoms with Gasteiger partial charge in [0.1, 0.15) is 0 Å². The summed E-state index contributed by atoms with van der Waals surface area (Å²) in [7, 11) is -3.13. The molecule has 134 valence electrons. The predicted molar refractivity (Wildman–Crippen MR) is 95.4 cm³/mol. The average Bonchev–Trinajstić information content (AvgIpc) is 2.54. The predicted octanol–water partition coefficient (Wildman–Crippen LogP) is 1.69. The molecule has 2 rings (SSSR count). The van der Waals surface area contributed by atoms with Crippen LogP contribution in [-0.4, -0.2) is 50.7 Å². The van der Waals surface area contributed by atoms with Crippen molar-refractivity contribution in [2.45, 2.75) is 38.1 Å². The fraction of sp³-hybridized carbons (Fsp3) is 0.588. The van der Waals surface area contributed by atoms with Crippen LogP contribution in [-0.2, 0) is 15.4 Å². The van der Waals surface area contributed by atoms with Gasteiger partial charge in [0.25, 0.3) is 0 Å². The van der Waals surface area contributed by atoms with Crippen molar-refractivity contribution in [3.05, 3.63) is 35.9 Å². The molecule has 2 N–H and O–H groups in total. The number of hydrogen-bond donors (Lipinski definition) is 2. The molecule has 0 radical (unpaired) electrons. The van der Waals surface area contributed by atoms with Crippen LogP contribution in [0.5, 0.6) is 0 Å². The molecule has 0 spiro atoms. The summed E-state index contributed by atoms with van der Waals surface area (Å²) in [5, 5.41) is 5.87. The standard InChI is InChI=1S/C17H27N3O3S/c1-17(2,14-7-5-4-6-8-14)13-18-16(21)19-15-9-11-20(12-10-15)24(3,22)23/h4-8,15H,9-13H2,1-3H3,(H2,18,19,21). The minimum atomic E-state index is -3.13. The van der Waals surface area contributed by atoms with E-state index in [1.54, 1.807) is 0 Å². The fourth-order valence-corrected chi connectivity index (χ4v) is 3.73. The van der Waals surface area contributed by atoms with Gasteiger partial charge in [-0.15, -0.1) is 0 Å². The average molecular weight is 353 g/mol. The summed E-state index contributed by atoms with van der Waals surface area (Å²) in [6.45, 7) is 5.63. The number of benzene rings is 1. The molecule has 1 fully saturated rings. The molecular weight excluding hydrogens is 326 g/mol. The SMILES string of the molecule is CC(C)(CNC(=O)NC1CCN(S(C)(=O)=O)CC1)c1ccccc1. The number of hydrogen-bond acceptors (Lipinski definition) is 3. The first-order valence-electron chi connectivity index (χ1n) is 8.23. The Morgan fingerprint density at radius 3 is 2.33 bits per heavy atom. The molecule has 6 nitrogen and oxygen atoms in total. The first kappa shape index (κ1) is 18.7. The van der Waals surface area contributed by atoms with Crippen molar-refractivity contribution in [1.82, 2.24) is 14.9 Å². The van der Waals surface area contributed by atoms with Crippen LogP contribution < -0.4 is 10.6 Å². The second-order valence-electron chi connectivity index (χ2n) is 7.01. The minimum Gasteiger partial charge on any atom is -0.337 e. The summed E-state index contributed by atoms with van der Waals surface area (Å²) in [5.41, 5.74) is 1.02. The van der Waals surface area contributed by atoms with E-state index in [0.29, 0.717) is 32.5 Å². The van der Waals surface area contributed by atoms with Crippen LogP contribution in [0.15, 0.2) is 30.3 Å². The third-order valence-electron chi connectivity index (χ3n) is 4.50. The van der Waals surface area contributed by atoms with Crippen LogP contribution >= 0.6 is 0 Å². The van der Waals surface area contributed by atoms with Gasteiger partial charge in [-0.25, -0.2) is 17.5 Å². The Kier molecular flexibility index (Phi) is 5.87. The van der Waals surface area contributed by atoms with Gasteiger partial charge in [-0.05, 0) is 18.4 Å². The van der Waals surface area contributed by atoms with E-state index in [2.05, 4.69) is 36.6 Å². The lowest BCUT2D eigenvalue weighted by Crippen LogP contribution is -2.50.